The van der Waals surface area contributed by atoms with Gasteiger partial charge in [-0.1, -0.05) is 18.2 Å². The molecule has 32 heavy (non-hydrogen) atoms. The summed E-state index contributed by atoms with van der Waals surface area (Å²) in [6.07, 6.45) is -8.70. The smallest absolute Gasteiger partial charge is 0.343 e. The van der Waals surface area contributed by atoms with Gasteiger partial charge in [-0.2, -0.15) is 30.6 Å². The molecule has 1 aliphatic rings. The molecule has 2 aromatic rings. The highest BCUT2D eigenvalue weighted by atomic mass is 32.2. The van der Waals surface area contributed by atoms with Crippen molar-refractivity contribution in [1.82, 2.24) is 9.62 Å². The second-order valence-electron chi connectivity index (χ2n) is 7.18. The van der Waals surface area contributed by atoms with E-state index in [1.165, 1.54) is 18.2 Å². The second-order valence-corrected chi connectivity index (χ2v) is 9.07. The van der Waals surface area contributed by atoms with Crippen LogP contribution in [0.1, 0.15) is 40.4 Å². The topological polar surface area (TPSA) is 66.5 Å². The first-order chi connectivity index (χ1) is 14.8. The highest BCUT2D eigenvalue weighted by Gasteiger charge is 2.41. The number of halogens is 6. The van der Waals surface area contributed by atoms with Crippen LogP contribution in [0.3, 0.4) is 0 Å². The minimum atomic E-state index is -4.65. The summed E-state index contributed by atoms with van der Waals surface area (Å²) in [6.45, 7) is -1.53. The molecule has 1 N–H and O–H groups in total. The number of rotatable bonds is 5. The van der Waals surface area contributed by atoms with Crippen LogP contribution in [0.2, 0.25) is 0 Å². The summed E-state index contributed by atoms with van der Waals surface area (Å²) in [5.74, 6) is -1.04. The third kappa shape index (κ3) is 5.23. The highest BCUT2D eigenvalue weighted by Crippen LogP contribution is 2.42. The number of benzene rings is 2. The number of hydrogen-bond donors (Lipinski definition) is 1. The monoisotopic (exact) mass is 480 g/mol. The first-order valence-electron chi connectivity index (χ1n) is 9.44. The molecular formula is C20H18F6N2O3S. The molecule has 12 heteroatoms. The maximum absolute atomic E-state index is 13.4. The van der Waals surface area contributed by atoms with Gasteiger partial charge in [-0.3, -0.25) is 4.79 Å². The molecule has 0 aliphatic carbocycles. The van der Waals surface area contributed by atoms with Gasteiger partial charge in [-0.05, 0) is 48.7 Å². The molecule has 0 spiro atoms. The van der Waals surface area contributed by atoms with E-state index >= 15 is 0 Å². The zero-order valence-corrected chi connectivity index (χ0v) is 17.2. The summed E-state index contributed by atoms with van der Waals surface area (Å²) in [7, 11) is -4.22. The lowest BCUT2D eigenvalue weighted by Gasteiger charge is -2.26. The van der Waals surface area contributed by atoms with E-state index in [0.717, 1.165) is 34.6 Å². The Bertz CT molecular complexity index is 1080. The van der Waals surface area contributed by atoms with Gasteiger partial charge >= 0.3 is 12.4 Å². The van der Waals surface area contributed by atoms with Gasteiger partial charge in [0.2, 0.25) is 10.0 Å². The quantitative estimate of drug-likeness (QED) is 0.640. The number of carbonyl (C=O) groups excluding carboxylic acids is 1. The van der Waals surface area contributed by atoms with Crippen LogP contribution in [0.4, 0.5) is 26.3 Å². The minimum Gasteiger partial charge on any atom is -0.343 e. The summed E-state index contributed by atoms with van der Waals surface area (Å²) in [4.78, 5) is 11.5. The van der Waals surface area contributed by atoms with Gasteiger partial charge in [-0.25, -0.2) is 8.42 Å². The van der Waals surface area contributed by atoms with Crippen molar-refractivity contribution in [1.29, 1.82) is 0 Å². The first-order valence-corrected chi connectivity index (χ1v) is 10.9. The predicted octanol–water partition coefficient (Wildman–Crippen LogP) is 4.52. The van der Waals surface area contributed by atoms with Gasteiger partial charge in [0.05, 0.1) is 16.5 Å². The summed E-state index contributed by atoms with van der Waals surface area (Å²) >= 11 is 0. The molecule has 5 nitrogen and oxygen atoms in total. The zero-order valence-electron chi connectivity index (χ0n) is 16.4. The van der Waals surface area contributed by atoms with Gasteiger partial charge in [0.15, 0.2) is 0 Å². The predicted molar refractivity (Wildman–Crippen MR) is 102 cm³/mol. The van der Waals surface area contributed by atoms with Crippen molar-refractivity contribution in [3.05, 3.63) is 65.2 Å². The van der Waals surface area contributed by atoms with Crippen molar-refractivity contribution in [2.24, 2.45) is 0 Å². The molecule has 1 heterocycles. The number of nitrogens with one attached hydrogen (secondary N) is 1. The van der Waals surface area contributed by atoms with Crippen LogP contribution in [-0.4, -0.2) is 37.9 Å². The Hall–Kier alpha value is -2.60. The van der Waals surface area contributed by atoms with Gasteiger partial charge in [0.1, 0.15) is 6.54 Å². The van der Waals surface area contributed by atoms with E-state index in [1.807, 2.05) is 0 Å². The van der Waals surface area contributed by atoms with Crippen LogP contribution in [0.15, 0.2) is 53.4 Å². The fourth-order valence-corrected chi connectivity index (χ4v) is 5.25. The fourth-order valence-electron chi connectivity index (χ4n) is 3.58. The standard InChI is InChI=1S/C20H18F6N2O3S/c21-19(22,23)12-27-18(29)13-7-9-14(10-8-13)32(30,31)28-11-3-6-17(28)15-4-1-2-5-16(15)20(24,25)26/h1-2,4-5,7-10,17H,3,6,11-12H2,(H,27,29). The normalized spacial score (nSPS) is 18.0. The summed E-state index contributed by atoms with van der Waals surface area (Å²) in [5, 5.41) is 1.67. The van der Waals surface area contributed by atoms with Crippen molar-refractivity contribution in [3.63, 3.8) is 0 Å². The van der Waals surface area contributed by atoms with Crippen LogP contribution in [0, 0.1) is 0 Å². The molecule has 0 bridgehead atoms. The van der Waals surface area contributed by atoms with E-state index in [0.29, 0.717) is 6.42 Å². The minimum absolute atomic E-state index is 0.00696. The van der Waals surface area contributed by atoms with Crippen LogP contribution in [0.25, 0.3) is 0 Å². The maximum Gasteiger partial charge on any atom is 0.416 e. The molecule has 1 atom stereocenters. The molecule has 0 radical (unpaired) electrons. The first kappa shape index (κ1) is 24.1. The van der Waals surface area contributed by atoms with Gasteiger partial charge < -0.3 is 5.32 Å². The lowest BCUT2D eigenvalue weighted by molar-refractivity contribution is -0.138. The van der Waals surface area contributed by atoms with Gasteiger partial charge in [-0.15, -0.1) is 0 Å². The third-order valence-electron chi connectivity index (χ3n) is 5.00. The lowest BCUT2D eigenvalue weighted by Crippen LogP contribution is -2.34. The SMILES string of the molecule is O=C(NCC(F)(F)F)c1ccc(S(=O)(=O)N2CCCC2c2ccccc2C(F)(F)F)cc1. The molecule has 0 aromatic heterocycles. The van der Waals surface area contributed by atoms with E-state index in [2.05, 4.69) is 0 Å². The Morgan fingerprint density at radius 3 is 2.22 bits per heavy atom. The molecule has 2 aromatic carbocycles. The van der Waals surface area contributed by atoms with Crippen LogP contribution in [0.5, 0.6) is 0 Å². The zero-order chi connectivity index (χ0) is 23.7. The number of nitrogens with zero attached hydrogens (tertiary/aromatic N) is 1. The van der Waals surface area contributed by atoms with Crippen molar-refractivity contribution in [3.8, 4) is 0 Å². The van der Waals surface area contributed by atoms with Crippen molar-refractivity contribution < 1.29 is 39.6 Å². The molecule has 1 fully saturated rings. The molecule has 3 rings (SSSR count). The van der Waals surface area contributed by atoms with Gasteiger partial charge in [0.25, 0.3) is 5.91 Å². The Morgan fingerprint density at radius 1 is 1.00 bits per heavy atom. The number of alkyl halides is 6. The van der Waals surface area contributed by atoms with E-state index in [1.54, 1.807) is 5.32 Å². The number of amides is 1. The fraction of sp³-hybridized carbons (Fsp3) is 0.350. The maximum atomic E-state index is 13.4. The number of sulfonamides is 1. The Kier molecular flexibility index (Phi) is 6.57. The Morgan fingerprint density at radius 2 is 1.62 bits per heavy atom. The Balaban J connectivity index is 1.86. The summed E-state index contributed by atoms with van der Waals surface area (Å²) in [5.41, 5.74) is -1.25. The molecule has 174 valence electrons. The molecule has 1 amide bonds. The van der Waals surface area contributed by atoms with E-state index in [9.17, 15) is 39.6 Å². The molecule has 1 unspecified atom stereocenters. The van der Waals surface area contributed by atoms with Gasteiger partial charge in [0, 0.05) is 12.1 Å². The van der Waals surface area contributed by atoms with Crippen molar-refractivity contribution in [2.45, 2.75) is 36.1 Å². The van der Waals surface area contributed by atoms with Crippen LogP contribution < -0.4 is 5.32 Å². The number of hydrogen-bond acceptors (Lipinski definition) is 3. The van der Waals surface area contributed by atoms with E-state index < -0.39 is 46.4 Å². The van der Waals surface area contributed by atoms with Crippen LogP contribution in [-0.2, 0) is 16.2 Å². The van der Waals surface area contributed by atoms with Crippen LogP contribution >= 0.6 is 0 Å². The van der Waals surface area contributed by atoms with Crippen molar-refractivity contribution >= 4 is 15.9 Å². The number of carbonyl (C=O) groups is 1. The van der Waals surface area contributed by atoms with E-state index in [4.69, 9.17) is 0 Å². The van der Waals surface area contributed by atoms with Crippen molar-refractivity contribution in [2.75, 3.05) is 13.1 Å². The highest BCUT2D eigenvalue weighted by molar-refractivity contribution is 7.89. The molecule has 1 aliphatic heterocycles. The largest absolute Gasteiger partial charge is 0.416 e. The second kappa shape index (κ2) is 8.74. The summed E-state index contributed by atoms with van der Waals surface area (Å²) in [6, 6.07) is 7.94. The Labute approximate surface area is 180 Å². The molecular weight excluding hydrogens is 462 g/mol. The lowest BCUT2D eigenvalue weighted by atomic mass is 9.99. The van der Waals surface area contributed by atoms with E-state index in [-0.39, 0.29) is 29.0 Å². The summed E-state index contributed by atoms with van der Waals surface area (Å²) < 4.78 is 104. The molecule has 1 saturated heterocycles. The third-order valence-corrected chi connectivity index (χ3v) is 6.92. The average Bonchev–Trinajstić information content (AvgIpc) is 3.22. The average molecular weight is 480 g/mol. The molecule has 0 saturated carbocycles.